The van der Waals surface area contributed by atoms with Crippen LogP contribution < -0.4 is 0 Å². The zero-order valence-electron chi connectivity index (χ0n) is 13.0. The van der Waals surface area contributed by atoms with Gasteiger partial charge in [0.25, 0.3) is 0 Å². The molecule has 6 heteroatoms. The minimum Gasteiger partial charge on any atom is -0.281 e. The molecule has 2 heterocycles. The summed E-state index contributed by atoms with van der Waals surface area (Å²) in [5.41, 5.74) is 3.21. The quantitative estimate of drug-likeness (QED) is 0.929. The summed E-state index contributed by atoms with van der Waals surface area (Å²) in [7, 11) is -3.17. The van der Waals surface area contributed by atoms with E-state index in [1.807, 2.05) is 13.8 Å². The Balaban J connectivity index is 2.23. The summed E-state index contributed by atoms with van der Waals surface area (Å²) in [4.78, 5) is 0. The molecular weight excluding hydrogens is 274 g/mol. The lowest BCUT2D eigenvalue weighted by molar-refractivity contribution is 0.382. The number of aromatic amines is 1. The molecule has 1 aliphatic rings. The van der Waals surface area contributed by atoms with Crippen molar-refractivity contribution in [1.82, 2.24) is 14.5 Å². The number of sulfonamides is 1. The van der Waals surface area contributed by atoms with Crippen LogP contribution in [-0.4, -0.2) is 35.2 Å². The second-order valence-corrected chi connectivity index (χ2v) is 9.05. The Bertz CT molecular complexity index is 582. The maximum atomic E-state index is 12.3. The van der Waals surface area contributed by atoms with Crippen LogP contribution in [0.25, 0.3) is 0 Å². The van der Waals surface area contributed by atoms with Gasteiger partial charge in [-0.25, -0.2) is 8.42 Å². The molecule has 1 aromatic heterocycles. The topological polar surface area (TPSA) is 66.1 Å². The van der Waals surface area contributed by atoms with Gasteiger partial charge < -0.3 is 0 Å². The summed E-state index contributed by atoms with van der Waals surface area (Å²) < 4.78 is 26.2. The predicted octanol–water partition coefficient (Wildman–Crippen LogP) is 2.05. The van der Waals surface area contributed by atoms with Crippen LogP contribution in [0.5, 0.6) is 0 Å². The molecule has 1 aromatic rings. The van der Waals surface area contributed by atoms with Crippen LogP contribution in [0.4, 0.5) is 0 Å². The summed E-state index contributed by atoms with van der Waals surface area (Å²) in [6.07, 6.45) is 0.746. The molecule has 114 valence electrons. The SMILES string of the molecule is CC(C)CS(=O)(=O)N1CCc2c(C(C)(C)C)n[nH]c2C1. The Kier molecular flexibility index (Phi) is 3.99. The molecule has 0 amide bonds. The van der Waals surface area contributed by atoms with Crippen LogP contribution in [0, 0.1) is 5.92 Å². The van der Waals surface area contributed by atoms with E-state index in [1.165, 1.54) is 5.56 Å². The van der Waals surface area contributed by atoms with E-state index in [-0.39, 0.29) is 17.1 Å². The molecular formula is C14H25N3O2S. The lowest BCUT2D eigenvalue weighted by atomic mass is 9.87. The number of nitrogens with zero attached hydrogens (tertiary/aromatic N) is 2. The van der Waals surface area contributed by atoms with Gasteiger partial charge in [-0.2, -0.15) is 9.40 Å². The Labute approximate surface area is 121 Å². The molecule has 0 spiro atoms. The van der Waals surface area contributed by atoms with Crippen molar-refractivity contribution in [1.29, 1.82) is 0 Å². The zero-order chi connectivity index (χ0) is 15.1. The molecule has 0 aliphatic carbocycles. The molecule has 0 saturated heterocycles. The molecule has 0 bridgehead atoms. The monoisotopic (exact) mass is 299 g/mol. The van der Waals surface area contributed by atoms with Gasteiger partial charge in [0, 0.05) is 12.0 Å². The van der Waals surface area contributed by atoms with Gasteiger partial charge in [-0.15, -0.1) is 0 Å². The van der Waals surface area contributed by atoms with Gasteiger partial charge in [0.15, 0.2) is 0 Å². The van der Waals surface area contributed by atoms with Crippen LogP contribution in [0.2, 0.25) is 0 Å². The fourth-order valence-electron chi connectivity index (χ4n) is 2.68. The fourth-order valence-corrected chi connectivity index (χ4v) is 4.43. The van der Waals surface area contributed by atoms with Crippen LogP contribution in [0.1, 0.15) is 51.6 Å². The van der Waals surface area contributed by atoms with Gasteiger partial charge in [0.1, 0.15) is 0 Å². The van der Waals surface area contributed by atoms with Crippen molar-refractivity contribution in [2.75, 3.05) is 12.3 Å². The minimum absolute atomic E-state index is 0.0109. The van der Waals surface area contributed by atoms with Gasteiger partial charge in [-0.3, -0.25) is 5.10 Å². The normalized spacial score (nSPS) is 17.5. The first-order valence-electron chi connectivity index (χ1n) is 7.15. The van der Waals surface area contributed by atoms with E-state index < -0.39 is 10.0 Å². The van der Waals surface area contributed by atoms with Gasteiger partial charge >= 0.3 is 0 Å². The van der Waals surface area contributed by atoms with Crippen molar-refractivity contribution in [3.63, 3.8) is 0 Å². The second-order valence-electron chi connectivity index (χ2n) is 7.04. The Morgan fingerprint density at radius 2 is 2.00 bits per heavy atom. The summed E-state index contributed by atoms with van der Waals surface area (Å²) in [6, 6.07) is 0. The summed E-state index contributed by atoms with van der Waals surface area (Å²) in [6.45, 7) is 11.2. The van der Waals surface area contributed by atoms with Gasteiger partial charge in [0.05, 0.1) is 23.7 Å². The second kappa shape index (κ2) is 5.15. The van der Waals surface area contributed by atoms with Crippen molar-refractivity contribution in [3.8, 4) is 0 Å². The number of H-pyrrole nitrogens is 1. The van der Waals surface area contributed by atoms with Gasteiger partial charge in [0.2, 0.25) is 10.0 Å². The highest BCUT2D eigenvalue weighted by Gasteiger charge is 2.32. The third kappa shape index (κ3) is 3.06. The average Bonchev–Trinajstić information content (AvgIpc) is 2.68. The maximum Gasteiger partial charge on any atom is 0.214 e. The van der Waals surface area contributed by atoms with E-state index >= 15 is 0 Å². The predicted molar refractivity (Wildman–Crippen MR) is 80.0 cm³/mol. The molecule has 1 N–H and O–H groups in total. The first kappa shape index (κ1) is 15.5. The van der Waals surface area contributed by atoms with Crippen LogP contribution in [0.3, 0.4) is 0 Å². The number of hydrogen-bond donors (Lipinski definition) is 1. The lowest BCUT2D eigenvalue weighted by Gasteiger charge is -2.28. The maximum absolute atomic E-state index is 12.3. The number of rotatable bonds is 3. The van der Waals surface area contributed by atoms with E-state index in [4.69, 9.17) is 0 Å². The molecule has 20 heavy (non-hydrogen) atoms. The smallest absolute Gasteiger partial charge is 0.214 e. The third-order valence-electron chi connectivity index (χ3n) is 3.55. The van der Waals surface area contributed by atoms with E-state index in [9.17, 15) is 8.42 Å². The van der Waals surface area contributed by atoms with Crippen molar-refractivity contribution < 1.29 is 8.42 Å². The molecule has 2 rings (SSSR count). The molecule has 0 atom stereocenters. The van der Waals surface area contributed by atoms with E-state index in [0.29, 0.717) is 13.1 Å². The van der Waals surface area contributed by atoms with Crippen LogP contribution >= 0.6 is 0 Å². The first-order valence-corrected chi connectivity index (χ1v) is 8.76. The fraction of sp³-hybridized carbons (Fsp3) is 0.786. The molecule has 1 aliphatic heterocycles. The average molecular weight is 299 g/mol. The molecule has 0 radical (unpaired) electrons. The van der Waals surface area contributed by atoms with Crippen molar-refractivity contribution in [2.24, 2.45) is 5.92 Å². The number of hydrogen-bond acceptors (Lipinski definition) is 3. The van der Waals surface area contributed by atoms with E-state index in [0.717, 1.165) is 17.8 Å². The minimum atomic E-state index is -3.17. The van der Waals surface area contributed by atoms with E-state index in [2.05, 4.69) is 31.0 Å². The molecule has 0 saturated carbocycles. The highest BCUT2D eigenvalue weighted by atomic mass is 32.2. The van der Waals surface area contributed by atoms with Crippen LogP contribution in [0.15, 0.2) is 0 Å². The van der Waals surface area contributed by atoms with Crippen molar-refractivity contribution in [3.05, 3.63) is 17.0 Å². The third-order valence-corrected chi connectivity index (χ3v) is 5.73. The summed E-state index contributed by atoms with van der Waals surface area (Å²) in [5, 5.41) is 7.43. The first-order chi connectivity index (χ1) is 9.11. The molecule has 0 fully saturated rings. The lowest BCUT2D eigenvalue weighted by Crippen LogP contribution is -2.38. The summed E-state index contributed by atoms with van der Waals surface area (Å²) >= 11 is 0. The van der Waals surface area contributed by atoms with E-state index in [1.54, 1.807) is 4.31 Å². The van der Waals surface area contributed by atoms with Gasteiger partial charge in [-0.05, 0) is 17.9 Å². The van der Waals surface area contributed by atoms with Crippen molar-refractivity contribution >= 4 is 10.0 Å². The Morgan fingerprint density at radius 1 is 1.35 bits per heavy atom. The molecule has 0 aromatic carbocycles. The summed E-state index contributed by atoms with van der Waals surface area (Å²) in [5.74, 6) is 0.357. The number of aromatic nitrogens is 2. The molecule has 0 unspecified atom stereocenters. The number of nitrogens with one attached hydrogen (secondary N) is 1. The zero-order valence-corrected chi connectivity index (χ0v) is 13.8. The number of fused-ring (bicyclic) bond motifs is 1. The highest BCUT2D eigenvalue weighted by Crippen LogP contribution is 2.30. The highest BCUT2D eigenvalue weighted by molar-refractivity contribution is 7.89. The van der Waals surface area contributed by atoms with Gasteiger partial charge in [-0.1, -0.05) is 34.6 Å². The Morgan fingerprint density at radius 3 is 2.55 bits per heavy atom. The van der Waals surface area contributed by atoms with Crippen LogP contribution in [-0.2, 0) is 28.4 Å². The standard InChI is InChI=1S/C14H25N3O2S/c1-10(2)9-20(18,19)17-7-6-11-12(8-17)15-16-13(11)14(3,4)5/h10H,6-9H2,1-5H3,(H,15,16). The largest absolute Gasteiger partial charge is 0.281 e. The molecule has 5 nitrogen and oxygen atoms in total. The Hall–Kier alpha value is -0.880. The van der Waals surface area contributed by atoms with Crippen molar-refractivity contribution in [2.45, 2.75) is 53.0 Å².